The lowest BCUT2D eigenvalue weighted by molar-refractivity contribution is -0.142. The Bertz CT molecular complexity index is 428. The van der Waals surface area contributed by atoms with Crippen molar-refractivity contribution in [2.24, 2.45) is 5.92 Å². The molecule has 5 nitrogen and oxygen atoms in total. The van der Waals surface area contributed by atoms with Gasteiger partial charge in [0.2, 0.25) is 0 Å². The number of nitrogens with zero attached hydrogens (tertiary/aromatic N) is 1. The molecule has 0 radical (unpaired) electrons. The number of imidazole rings is 1. The van der Waals surface area contributed by atoms with Crippen molar-refractivity contribution in [3.8, 4) is 0 Å². The lowest BCUT2D eigenvalue weighted by atomic mass is 9.90. The highest BCUT2D eigenvalue weighted by Gasteiger charge is 2.26. The lowest BCUT2D eigenvalue weighted by Gasteiger charge is -2.16. The van der Waals surface area contributed by atoms with Crippen molar-refractivity contribution in [1.82, 2.24) is 9.97 Å². The topological polar surface area (TPSA) is 75.2 Å². The van der Waals surface area contributed by atoms with E-state index in [1.165, 1.54) is 0 Å². The number of fused-ring (bicyclic) bond motifs is 1. The maximum Gasteiger partial charge on any atom is 0.306 e. The highest BCUT2D eigenvalue weighted by Crippen LogP contribution is 2.24. The number of ether oxygens (including phenoxy) is 1. The SMILES string of the molecule is COC(C)CCc1nc2c([nH]1)CC(C(=O)O)CC2. The fraction of sp³-hybridized carbons (Fsp3) is 0.692. The van der Waals surface area contributed by atoms with E-state index in [4.69, 9.17) is 9.84 Å². The van der Waals surface area contributed by atoms with Gasteiger partial charge in [0, 0.05) is 25.6 Å². The second kappa shape index (κ2) is 5.52. The maximum atomic E-state index is 11.0. The molecule has 2 N–H and O–H groups in total. The van der Waals surface area contributed by atoms with Gasteiger partial charge < -0.3 is 14.8 Å². The number of hydrogen-bond donors (Lipinski definition) is 2. The van der Waals surface area contributed by atoms with Crippen molar-refractivity contribution >= 4 is 5.97 Å². The number of nitrogens with one attached hydrogen (secondary N) is 1. The fourth-order valence-electron chi connectivity index (χ4n) is 2.33. The molecule has 1 aromatic heterocycles. The molecule has 1 aliphatic carbocycles. The van der Waals surface area contributed by atoms with Crippen LogP contribution >= 0.6 is 0 Å². The number of aromatic nitrogens is 2. The number of H-pyrrole nitrogens is 1. The standard InChI is InChI=1S/C13H20N2O3/c1-8(18-2)3-6-12-14-10-5-4-9(13(16)17)7-11(10)15-12/h8-9H,3-7H2,1-2H3,(H,14,15)(H,16,17). The number of carbonyl (C=O) groups is 1. The molecule has 1 aliphatic rings. The van der Waals surface area contributed by atoms with E-state index in [1.807, 2.05) is 6.92 Å². The average molecular weight is 252 g/mol. The van der Waals surface area contributed by atoms with Crippen LogP contribution < -0.4 is 0 Å². The first-order valence-electron chi connectivity index (χ1n) is 6.42. The molecule has 0 aliphatic heterocycles. The number of aliphatic carboxylic acids is 1. The number of aryl methyl sites for hydroxylation is 2. The van der Waals surface area contributed by atoms with Crippen LogP contribution in [0.2, 0.25) is 0 Å². The van der Waals surface area contributed by atoms with Crippen LogP contribution in [0.1, 0.15) is 37.0 Å². The molecule has 2 unspecified atom stereocenters. The fourth-order valence-corrected chi connectivity index (χ4v) is 2.33. The van der Waals surface area contributed by atoms with E-state index < -0.39 is 5.97 Å². The molecule has 0 bridgehead atoms. The zero-order valence-corrected chi connectivity index (χ0v) is 10.9. The monoisotopic (exact) mass is 252 g/mol. The minimum absolute atomic E-state index is 0.221. The van der Waals surface area contributed by atoms with Gasteiger partial charge in [0.1, 0.15) is 5.82 Å². The minimum atomic E-state index is -0.704. The molecule has 100 valence electrons. The molecule has 0 fully saturated rings. The summed E-state index contributed by atoms with van der Waals surface area (Å²) in [7, 11) is 1.70. The van der Waals surface area contributed by atoms with Crippen molar-refractivity contribution in [2.75, 3.05) is 7.11 Å². The number of methoxy groups -OCH3 is 1. The molecular weight excluding hydrogens is 232 g/mol. The van der Waals surface area contributed by atoms with Crippen molar-refractivity contribution in [1.29, 1.82) is 0 Å². The largest absolute Gasteiger partial charge is 0.481 e. The molecule has 1 aromatic rings. The van der Waals surface area contributed by atoms with E-state index in [1.54, 1.807) is 7.11 Å². The van der Waals surface area contributed by atoms with Crippen molar-refractivity contribution < 1.29 is 14.6 Å². The molecule has 18 heavy (non-hydrogen) atoms. The third kappa shape index (κ3) is 2.90. The molecule has 0 saturated carbocycles. The Morgan fingerprint density at radius 2 is 2.44 bits per heavy atom. The van der Waals surface area contributed by atoms with Crippen LogP contribution in [-0.4, -0.2) is 34.3 Å². The third-order valence-corrected chi connectivity index (χ3v) is 3.63. The summed E-state index contributed by atoms with van der Waals surface area (Å²) >= 11 is 0. The Labute approximate surface area is 107 Å². The zero-order chi connectivity index (χ0) is 13.1. The predicted molar refractivity (Wildman–Crippen MR) is 66.5 cm³/mol. The molecule has 0 saturated heterocycles. The Morgan fingerprint density at radius 1 is 1.67 bits per heavy atom. The molecule has 0 aromatic carbocycles. The third-order valence-electron chi connectivity index (χ3n) is 3.63. The van der Waals surface area contributed by atoms with Gasteiger partial charge in [-0.1, -0.05) is 0 Å². The Kier molecular flexibility index (Phi) is 4.01. The summed E-state index contributed by atoms with van der Waals surface area (Å²) < 4.78 is 5.20. The number of carboxylic acids is 1. The van der Waals surface area contributed by atoms with Gasteiger partial charge >= 0.3 is 5.97 Å². The minimum Gasteiger partial charge on any atom is -0.481 e. The van der Waals surface area contributed by atoms with Crippen molar-refractivity contribution in [3.05, 3.63) is 17.2 Å². The second-order valence-electron chi connectivity index (χ2n) is 4.97. The Balaban J connectivity index is 1.99. The van der Waals surface area contributed by atoms with E-state index in [-0.39, 0.29) is 12.0 Å². The normalized spacial score (nSPS) is 20.4. The maximum absolute atomic E-state index is 11.0. The average Bonchev–Trinajstić information content (AvgIpc) is 2.77. The summed E-state index contributed by atoms with van der Waals surface area (Å²) in [6, 6.07) is 0. The smallest absolute Gasteiger partial charge is 0.306 e. The number of hydrogen-bond acceptors (Lipinski definition) is 3. The molecule has 2 atom stereocenters. The molecule has 0 amide bonds. The van der Waals surface area contributed by atoms with Gasteiger partial charge in [-0.25, -0.2) is 4.98 Å². The quantitative estimate of drug-likeness (QED) is 0.834. The van der Waals surface area contributed by atoms with Gasteiger partial charge in [0.25, 0.3) is 0 Å². The summed E-state index contributed by atoms with van der Waals surface area (Å²) in [5, 5.41) is 9.03. The molecule has 1 heterocycles. The van der Waals surface area contributed by atoms with Crippen LogP contribution in [0.15, 0.2) is 0 Å². The van der Waals surface area contributed by atoms with Gasteiger partial charge in [-0.3, -0.25) is 4.79 Å². The van der Waals surface area contributed by atoms with Crippen LogP contribution in [-0.2, 0) is 28.8 Å². The summed E-state index contributed by atoms with van der Waals surface area (Å²) in [5.74, 6) is -0.0107. The molecule has 0 spiro atoms. The van der Waals surface area contributed by atoms with Crippen LogP contribution in [0, 0.1) is 5.92 Å². The Hall–Kier alpha value is -1.36. The number of carboxylic acid groups (broad SMARTS) is 1. The van der Waals surface area contributed by atoms with Crippen LogP contribution in [0.4, 0.5) is 0 Å². The van der Waals surface area contributed by atoms with Crippen LogP contribution in [0.3, 0.4) is 0 Å². The van der Waals surface area contributed by atoms with Gasteiger partial charge in [-0.15, -0.1) is 0 Å². The van der Waals surface area contributed by atoms with Crippen molar-refractivity contribution in [2.45, 2.75) is 45.1 Å². The first-order chi connectivity index (χ1) is 8.60. The van der Waals surface area contributed by atoms with Gasteiger partial charge in [-0.2, -0.15) is 0 Å². The summed E-state index contributed by atoms with van der Waals surface area (Å²) in [6.07, 6.45) is 4.03. The number of aromatic amines is 1. The van der Waals surface area contributed by atoms with Gasteiger partial charge in [-0.05, 0) is 26.2 Å². The Morgan fingerprint density at radius 3 is 3.11 bits per heavy atom. The molecule has 5 heteroatoms. The second-order valence-corrected chi connectivity index (χ2v) is 4.97. The van der Waals surface area contributed by atoms with E-state index in [2.05, 4.69) is 9.97 Å². The van der Waals surface area contributed by atoms with E-state index in [0.717, 1.165) is 36.5 Å². The summed E-state index contributed by atoms with van der Waals surface area (Å²) in [6.45, 7) is 2.03. The first-order valence-corrected chi connectivity index (χ1v) is 6.42. The lowest BCUT2D eigenvalue weighted by Crippen LogP contribution is -2.22. The van der Waals surface area contributed by atoms with Crippen molar-refractivity contribution in [3.63, 3.8) is 0 Å². The highest BCUT2D eigenvalue weighted by atomic mass is 16.5. The van der Waals surface area contributed by atoms with E-state index in [0.29, 0.717) is 12.8 Å². The van der Waals surface area contributed by atoms with Gasteiger partial charge in [0.15, 0.2) is 0 Å². The van der Waals surface area contributed by atoms with E-state index in [9.17, 15) is 4.79 Å². The number of rotatable bonds is 5. The summed E-state index contributed by atoms with van der Waals surface area (Å²) in [5.41, 5.74) is 2.06. The molecular formula is C13H20N2O3. The predicted octanol–water partition coefficient (Wildman–Crippen LogP) is 1.57. The first kappa shape index (κ1) is 13.1. The van der Waals surface area contributed by atoms with E-state index >= 15 is 0 Å². The van der Waals surface area contributed by atoms with Gasteiger partial charge in [0.05, 0.1) is 17.7 Å². The van der Waals surface area contributed by atoms with Crippen LogP contribution in [0.25, 0.3) is 0 Å². The highest BCUT2D eigenvalue weighted by molar-refractivity contribution is 5.70. The van der Waals surface area contributed by atoms with Crippen LogP contribution in [0.5, 0.6) is 0 Å². The summed E-state index contributed by atoms with van der Waals surface area (Å²) in [4.78, 5) is 18.8. The molecule has 2 rings (SSSR count). The zero-order valence-electron chi connectivity index (χ0n) is 10.9.